The number of ether oxygens (including phenoxy) is 2. The van der Waals surface area contributed by atoms with Crippen molar-refractivity contribution in [3.8, 4) is 11.8 Å². The number of azo groups is 1. The Bertz CT molecular complexity index is 1350. The van der Waals surface area contributed by atoms with Gasteiger partial charge in [0.05, 0.1) is 18.9 Å². The van der Waals surface area contributed by atoms with Crippen LogP contribution in [0.3, 0.4) is 0 Å². The topological polar surface area (TPSA) is 147 Å². The lowest BCUT2D eigenvalue weighted by Gasteiger charge is -2.13. The number of aryl methyl sites for hydroxylation is 1. The number of fused-ring (bicyclic) bond motifs is 1. The minimum absolute atomic E-state index is 0.00230. The molecule has 2 heterocycles. The molecule has 0 saturated carbocycles. The number of benzene rings is 2. The van der Waals surface area contributed by atoms with Crippen molar-refractivity contribution in [3.05, 3.63) is 66.1 Å². The van der Waals surface area contributed by atoms with Gasteiger partial charge in [0.25, 0.3) is 5.91 Å². The molecule has 0 atom stereocenters. The first-order valence-electron chi connectivity index (χ1n) is 9.32. The third kappa shape index (κ3) is 3.86. The van der Waals surface area contributed by atoms with E-state index < -0.39 is 11.9 Å². The summed E-state index contributed by atoms with van der Waals surface area (Å²) < 4.78 is 12.0. The Hall–Kier alpha value is -4.67. The van der Waals surface area contributed by atoms with Crippen LogP contribution in [0.4, 0.5) is 11.5 Å². The van der Waals surface area contributed by atoms with Gasteiger partial charge in [-0.25, -0.2) is 19.4 Å². The van der Waals surface area contributed by atoms with Gasteiger partial charge in [0.1, 0.15) is 11.3 Å². The molecule has 11 nitrogen and oxygen atoms in total. The first-order chi connectivity index (χ1) is 15.5. The molecule has 0 aliphatic heterocycles. The second-order valence-electron chi connectivity index (χ2n) is 6.52. The number of hydrogen-bond donors (Lipinski definition) is 1. The van der Waals surface area contributed by atoms with Crippen molar-refractivity contribution in [1.29, 1.82) is 0 Å². The number of carbonyl (C=O) groups excluding carboxylic acids is 2. The number of carbonyl (C=O) groups is 2. The summed E-state index contributed by atoms with van der Waals surface area (Å²) in [5, 5.41) is 13.9. The second kappa shape index (κ2) is 8.60. The Morgan fingerprint density at radius 2 is 1.81 bits per heavy atom. The minimum Gasteiger partial charge on any atom is -0.465 e. The van der Waals surface area contributed by atoms with Crippen molar-refractivity contribution in [2.45, 2.75) is 0 Å². The van der Waals surface area contributed by atoms with Crippen molar-refractivity contribution >= 4 is 34.2 Å². The second-order valence-corrected chi connectivity index (χ2v) is 6.52. The smallest absolute Gasteiger partial charge is 0.343 e. The monoisotopic (exact) mass is 431 g/mol. The summed E-state index contributed by atoms with van der Waals surface area (Å²) in [5.41, 5.74) is 6.03. The average molecular weight is 431 g/mol. The van der Waals surface area contributed by atoms with Crippen LogP contribution >= 0.6 is 0 Å². The van der Waals surface area contributed by atoms with E-state index in [1.54, 1.807) is 37.4 Å². The minimum atomic E-state index is -0.728. The number of rotatable bonds is 6. The molecular weight excluding hydrogens is 414 g/mol. The first-order valence-corrected chi connectivity index (χ1v) is 9.32. The molecule has 1 amide bonds. The van der Waals surface area contributed by atoms with Gasteiger partial charge in [-0.2, -0.15) is 5.10 Å². The zero-order valence-electron chi connectivity index (χ0n) is 17.1. The van der Waals surface area contributed by atoms with E-state index in [0.29, 0.717) is 10.8 Å². The maximum atomic E-state index is 12.2. The normalized spacial score (nSPS) is 11.1. The number of esters is 1. The molecule has 11 heteroatoms. The fraction of sp³-hybridized carbons (Fsp3) is 0.0952. The molecule has 4 aromatic rings. The number of hydrogen-bond acceptors (Lipinski definition) is 9. The maximum Gasteiger partial charge on any atom is 0.343 e. The fourth-order valence-corrected chi connectivity index (χ4v) is 3.03. The molecule has 0 aliphatic rings. The zero-order valence-corrected chi connectivity index (χ0v) is 17.1. The SMILES string of the molecule is COC(=O)c1cnn(C)c1N=Nc1c(Oc2ncccn2)c(C(N)=O)cc2ccccc12. The van der Waals surface area contributed by atoms with E-state index >= 15 is 0 Å². The highest BCUT2D eigenvalue weighted by molar-refractivity contribution is 6.06. The van der Waals surface area contributed by atoms with Crippen LogP contribution in [0, 0.1) is 0 Å². The average Bonchev–Trinajstić information content (AvgIpc) is 3.18. The number of methoxy groups -OCH3 is 1. The van der Waals surface area contributed by atoms with Gasteiger partial charge in [0.2, 0.25) is 0 Å². The van der Waals surface area contributed by atoms with E-state index in [0.717, 1.165) is 0 Å². The summed E-state index contributed by atoms with van der Waals surface area (Å²) in [4.78, 5) is 32.3. The molecule has 160 valence electrons. The summed E-state index contributed by atoms with van der Waals surface area (Å²) in [7, 11) is 2.86. The lowest BCUT2D eigenvalue weighted by Crippen LogP contribution is -2.12. The van der Waals surface area contributed by atoms with Gasteiger partial charge in [-0.15, -0.1) is 10.2 Å². The fourth-order valence-electron chi connectivity index (χ4n) is 3.03. The van der Waals surface area contributed by atoms with Gasteiger partial charge in [-0.3, -0.25) is 4.79 Å². The van der Waals surface area contributed by atoms with Crippen molar-refractivity contribution < 1.29 is 19.1 Å². The van der Waals surface area contributed by atoms with Crippen LogP contribution in [-0.2, 0) is 11.8 Å². The Morgan fingerprint density at radius 1 is 1.06 bits per heavy atom. The van der Waals surface area contributed by atoms with Crippen LogP contribution in [0.2, 0.25) is 0 Å². The number of nitrogens with two attached hydrogens (primary N) is 1. The van der Waals surface area contributed by atoms with Gasteiger partial charge >= 0.3 is 12.0 Å². The lowest BCUT2D eigenvalue weighted by atomic mass is 10.0. The Labute approximate surface area is 181 Å². The molecule has 0 fully saturated rings. The van der Waals surface area contributed by atoms with Gasteiger partial charge in [0, 0.05) is 24.8 Å². The quantitative estimate of drug-likeness (QED) is 0.363. The van der Waals surface area contributed by atoms with Crippen molar-refractivity contribution in [1.82, 2.24) is 19.7 Å². The van der Waals surface area contributed by atoms with Gasteiger partial charge in [-0.1, -0.05) is 24.3 Å². The van der Waals surface area contributed by atoms with Gasteiger partial charge < -0.3 is 15.2 Å². The van der Waals surface area contributed by atoms with E-state index in [1.165, 1.54) is 30.4 Å². The molecule has 2 N–H and O–H groups in total. The molecule has 0 radical (unpaired) electrons. The molecular formula is C21H17N7O4. The molecule has 32 heavy (non-hydrogen) atoms. The zero-order chi connectivity index (χ0) is 22.7. The van der Waals surface area contributed by atoms with E-state index in [2.05, 4.69) is 25.3 Å². The van der Waals surface area contributed by atoms with Crippen LogP contribution in [0.5, 0.6) is 11.8 Å². The molecule has 4 rings (SSSR count). The van der Waals surface area contributed by atoms with Crippen LogP contribution in [-0.4, -0.2) is 38.7 Å². The molecule has 2 aromatic heterocycles. The maximum absolute atomic E-state index is 12.2. The van der Waals surface area contributed by atoms with E-state index in [9.17, 15) is 9.59 Å². The van der Waals surface area contributed by atoms with Crippen LogP contribution < -0.4 is 10.5 Å². The third-order valence-electron chi connectivity index (χ3n) is 4.53. The summed E-state index contributed by atoms with van der Waals surface area (Å²) in [6, 6.07) is 10.4. The van der Waals surface area contributed by atoms with Crippen molar-refractivity contribution in [2.75, 3.05) is 7.11 Å². The van der Waals surface area contributed by atoms with Crippen molar-refractivity contribution in [2.24, 2.45) is 23.0 Å². The summed E-state index contributed by atoms with van der Waals surface area (Å²) in [6.07, 6.45) is 4.31. The Kier molecular flexibility index (Phi) is 5.53. The van der Waals surface area contributed by atoms with Crippen molar-refractivity contribution in [3.63, 3.8) is 0 Å². The highest BCUT2D eigenvalue weighted by atomic mass is 16.5. The van der Waals surface area contributed by atoms with E-state index in [4.69, 9.17) is 15.2 Å². The predicted octanol–water partition coefficient (Wildman–Crippen LogP) is 3.46. The van der Waals surface area contributed by atoms with E-state index in [1.807, 2.05) is 6.07 Å². The standard InChI is InChI=1S/C21H17N7O4/c1-28-19(15(11-25-28)20(30)31-2)27-26-16-13-7-4-3-6-12(13)10-14(18(22)29)17(16)32-21-23-8-5-9-24-21/h3-11H,1-2H3,(H2,22,29). The molecule has 0 unspecified atom stereocenters. The number of nitrogens with zero attached hydrogens (tertiary/aromatic N) is 6. The summed E-state index contributed by atoms with van der Waals surface area (Å²) in [5.74, 6) is -1.15. The summed E-state index contributed by atoms with van der Waals surface area (Å²) in [6.45, 7) is 0. The predicted molar refractivity (Wildman–Crippen MR) is 113 cm³/mol. The molecule has 0 spiro atoms. The Morgan fingerprint density at radius 3 is 2.53 bits per heavy atom. The number of aromatic nitrogens is 4. The molecule has 0 aliphatic carbocycles. The Balaban J connectivity index is 1.94. The van der Waals surface area contributed by atoms with Gasteiger partial charge in [0.15, 0.2) is 11.6 Å². The summed E-state index contributed by atoms with van der Waals surface area (Å²) >= 11 is 0. The molecule has 0 saturated heterocycles. The highest BCUT2D eigenvalue weighted by Gasteiger charge is 2.21. The number of amides is 1. The van der Waals surface area contributed by atoms with Crippen LogP contribution in [0.1, 0.15) is 20.7 Å². The lowest BCUT2D eigenvalue weighted by molar-refractivity contribution is 0.0601. The van der Waals surface area contributed by atoms with Crippen LogP contribution in [0.25, 0.3) is 10.8 Å². The third-order valence-corrected chi connectivity index (χ3v) is 4.53. The molecule has 0 bridgehead atoms. The largest absolute Gasteiger partial charge is 0.465 e. The number of primary amides is 1. The molecule has 2 aromatic carbocycles. The highest BCUT2D eigenvalue weighted by Crippen LogP contribution is 2.41. The van der Waals surface area contributed by atoms with Gasteiger partial charge in [-0.05, 0) is 17.5 Å². The van der Waals surface area contributed by atoms with Crippen LogP contribution in [0.15, 0.2) is 65.2 Å². The van der Waals surface area contributed by atoms with E-state index in [-0.39, 0.29) is 34.4 Å². The first kappa shape index (κ1) is 20.6.